The van der Waals surface area contributed by atoms with E-state index in [1.54, 1.807) is 30.3 Å². The van der Waals surface area contributed by atoms with Crippen LogP contribution in [0.25, 0.3) is 16.3 Å². The first-order valence-corrected chi connectivity index (χ1v) is 6.88. The van der Waals surface area contributed by atoms with Gasteiger partial charge in [-0.15, -0.1) is 0 Å². The van der Waals surface area contributed by atoms with Crippen molar-refractivity contribution in [3.05, 3.63) is 77.9 Å². The van der Waals surface area contributed by atoms with Crippen LogP contribution in [0.4, 0.5) is 4.39 Å². The maximum atomic E-state index is 12.7. The number of allylic oxidation sites excluding steroid dienone is 5. The van der Waals surface area contributed by atoms with Gasteiger partial charge in [-0.3, -0.25) is 0 Å². The fourth-order valence-corrected chi connectivity index (χ4v) is 2.38. The molecule has 0 aromatic heterocycles. The number of benzene rings is 2. The number of carboxylic acids is 1. The second kappa shape index (κ2) is 7.19. The Hall–Kier alpha value is -3.19. The van der Waals surface area contributed by atoms with Gasteiger partial charge in [0, 0.05) is 0 Å². The maximum Gasteiger partial charge on any atom is 0.335 e. The van der Waals surface area contributed by atoms with Gasteiger partial charge in [0.25, 0.3) is 0 Å². The number of alkyl halides is 1. The highest BCUT2D eigenvalue weighted by Gasteiger charge is 2.12. The van der Waals surface area contributed by atoms with E-state index in [0.717, 1.165) is 5.39 Å². The molecule has 2 aromatic carbocycles. The molecule has 0 bridgehead atoms. The Morgan fingerprint density at radius 1 is 1.35 bits per heavy atom. The molecule has 114 valence electrons. The first-order valence-electron chi connectivity index (χ1n) is 6.88. The average Bonchev–Trinajstić information content (AvgIpc) is 2.57. The topological polar surface area (TPSA) is 61.1 Å². The van der Waals surface area contributed by atoms with Gasteiger partial charge in [0.15, 0.2) is 0 Å². The number of fused-ring (bicyclic) bond motifs is 1. The van der Waals surface area contributed by atoms with E-state index in [1.807, 2.05) is 12.1 Å². The third-order valence-electron chi connectivity index (χ3n) is 3.40. The summed E-state index contributed by atoms with van der Waals surface area (Å²) in [5.74, 6) is -1.03. The van der Waals surface area contributed by atoms with Gasteiger partial charge in [-0.2, -0.15) is 5.26 Å². The first-order chi connectivity index (χ1) is 11.1. The minimum absolute atomic E-state index is 0.149. The summed E-state index contributed by atoms with van der Waals surface area (Å²) < 4.78 is 12.7. The number of rotatable bonds is 5. The molecule has 0 saturated heterocycles. The van der Waals surface area contributed by atoms with E-state index in [4.69, 9.17) is 0 Å². The minimum Gasteiger partial charge on any atom is -0.478 e. The molecule has 2 rings (SSSR count). The van der Waals surface area contributed by atoms with Gasteiger partial charge >= 0.3 is 5.97 Å². The van der Waals surface area contributed by atoms with Crippen LogP contribution >= 0.6 is 0 Å². The summed E-state index contributed by atoms with van der Waals surface area (Å²) in [6, 6.07) is 12.2. The summed E-state index contributed by atoms with van der Waals surface area (Å²) in [5.41, 5.74) is 1.50. The average molecular weight is 307 g/mol. The Bertz CT molecular complexity index is 873. The highest BCUT2D eigenvalue weighted by Crippen LogP contribution is 2.30. The molecule has 1 N–H and O–H groups in total. The fraction of sp³-hybridized carbons (Fsp3) is 0.0526. The molecule has 0 fully saturated rings. The minimum atomic E-state index is -1.03. The molecular weight excluding hydrogens is 293 g/mol. The summed E-state index contributed by atoms with van der Waals surface area (Å²) in [5, 5.41) is 20.0. The number of nitrogens with zero attached hydrogens (tertiary/aromatic N) is 1. The van der Waals surface area contributed by atoms with E-state index in [9.17, 15) is 19.6 Å². The number of nitriles is 1. The van der Waals surface area contributed by atoms with E-state index < -0.39 is 12.6 Å². The second-order valence-corrected chi connectivity index (χ2v) is 4.75. The van der Waals surface area contributed by atoms with Crippen LogP contribution in [-0.4, -0.2) is 17.8 Å². The molecule has 23 heavy (non-hydrogen) atoms. The van der Waals surface area contributed by atoms with E-state index in [-0.39, 0.29) is 11.1 Å². The molecule has 0 spiro atoms. The van der Waals surface area contributed by atoms with Crippen molar-refractivity contribution >= 4 is 22.3 Å². The summed E-state index contributed by atoms with van der Waals surface area (Å²) in [6.07, 6.45) is 4.32. The van der Waals surface area contributed by atoms with Crippen molar-refractivity contribution in [2.75, 3.05) is 6.67 Å². The van der Waals surface area contributed by atoms with Crippen LogP contribution in [0.3, 0.4) is 0 Å². The van der Waals surface area contributed by atoms with Crippen molar-refractivity contribution in [3.8, 4) is 6.07 Å². The zero-order chi connectivity index (χ0) is 16.8. The molecule has 0 radical (unpaired) electrons. The molecule has 0 unspecified atom stereocenters. The van der Waals surface area contributed by atoms with Crippen molar-refractivity contribution < 1.29 is 14.3 Å². The number of hydrogen-bond acceptors (Lipinski definition) is 2. The van der Waals surface area contributed by atoms with Crippen molar-refractivity contribution in [2.45, 2.75) is 0 Å². The Morgan fingerprint density at radius 3 is 2.74 bits per heavy atom. The van der Waals surface area contributed by atoms with Crippen LogP contribution < -0.4 is 0 Å². The van der Waals surface area contributed by atoms with E-state index in [0.29, 0.717) is 16.5 Å². The van der Waals surface area contributed by atoms with Crippen LogP contribution in [0.5, 0.6) is 0 Å². The summed E-state index contributed by atoms with van der Waals surface area (Å²) in [6.45, 7) is 2.87. The summed E-state index contributed by atoms with van der Waals surface area (Å²) in [7, 11) is 0. The molecule has 0 heterocycles. The predicted octanol–water partition coefficient (Wildman–Crippen LogP) is 4.53. The van der Waals surface area contributed by atoms with Gasteiger partial charge in [-0.1, -0.05) is 43.0 Å². The quantitative estimate of drug-likeness (QED) is 0.652. The standard InChI is InChI=1S/C19H14FNO2/c1-2-4-16(15(12-21)9-10-20)17-6-3-5-13-7-8-14(19(22)23)11-18(13)17/h2-9,11H,1,10H2,(H,22,23)/b15-9-,16-4+. The number of aromatic carboxylic acids is 1. The van der Waals surface area contributed by atoms with Gasteiger partial charge in [0.1, 0.15) is 6.67 Å². The zero-order valence-corrected chi connectivity index (χ0v) is 12.3. The van der Waals surface area contributed by atoms with Crippen molar-refractivity contribution in [1.82, 2.24) is 0 Å². The molecule has 0 amide bonds. The highest BCUT2D eigenvalue weighted by molar-refractivity contribution is 6.02. The number of carbonyl (C=O) groups is 1. The summed E-state index contributed by atoms with van der Waals surface area (Å²) in [4.78, 5) is 11.2. The third-order valence-corrected chi connectivity index (χ3v) is 3.40. The predicted molar refractivity (Wildman–Crippen MR) is 88.8 cm³/mol. The van der Waals surface area contributed by atoms with Gasteiger partial charge in [-0.05, 0) is 40.1 Å². The molecule has 0 atom stereocenters. The lowest BCUT2D eigenvalue weighted by Gasteiger charge is -2.11. The summed E-state index contributed by atoms with van der Waals surface area (Å²) >= 11 is 0. The molecule has 0 aliphatic heterocycles. The zero-order valence-electron chi connectivity index (χ0n) is 12.3. The van der Waals surface area contributed by atoms with Gasteiger partial charge < -0.3 is 5.11 Å². The van der Waals surface area contributed by atoms with Crippen LogP contribution in [0.15, 0.2) is 66.8 Å². The molecule has 3 nitrogen and oxygen atoms in total. The fourth-order valence-electron chi connectivity index (χ4n) is 2.38. The van der Waals surface area contributed by atoms with E-state index in [1.165, 1.54) is 18.2 Å². The largest absolute Gasteiger partial charge is 0.478 e. The molecular formula is C19H14FNO2. The van der Waals surface area contributed by atoms with Crippen LogP contribution in [0, 0.1) is 11.3 Å². The normalized spacial score (nSPS) is 12.0. The van der Waals surface area contributed by atoms with E-state index in [2.05, 4.69) is 6.58 Å². The van der Waals surface area contributed by atoms with Gasteiger partial charge in [0.05, 0.1) is 17.2 Å². The molecule has 2 aromatic rings. The monoisotopic (exact) mass is 307 g/mol. The highest BCUT2D eigenvalue weighted by atomic mass is 19.1. The molecule has 0 aliphatic rings. The number of hydrogen-bond donors (Lipinski definition) is 1. The van der Waals surface area contributed by atoms with Crippen molar-refractivity contribution in [2.24, 2.45) is 0 Å². The van der Waals surface area contributed by atoms with Crippen molar-refractivity contribution in [1.29, 1.82) is 5.26 Å². The van der Waals surface area contributed by atoms with Crippen molar-refractivity contribution in [3.63, 3.8) is 0 Å². The van der Waals surface area contributed by atoms with E-state index >= 15 is 0 Å². The maximum absolute atomic E-state index is 12.7. The Kier molecular flexibility index (Phi) is 5.06. The molecule has 0 aliphatic carbocycles. The van der Waals surface area contributed by atoms with Crippen LogP contribution in [-0.2, 0) is 0 Å². The lowest BCUT2D eigenvalue weighted by molar-refractivity contribution is 0.0697. The smallest absolute Gasteiger partial charge is 0.335 e. The molecule has 0 saturated carbocycles. The number of carboxylic acid groups (broad SMARTS) is 1. The van der Waals surface area contributed by atoms with Crippen LogP contribution in [0.1, 0.15) is 15.9 Å². The SMILES string of the molecule is C=C/C=C(\C(C#N)=C/CF)c1cccc2ccc(C(=O)O)cc12. The number of halogens is 1. The third kappa shape index (κ3) is 3.35. The first kappa shape index (κ1) is 16.2. The Labute approximate surface area is 133 Å². The second-order valence-electron chi connectivity index (χ2n) is 4.75. The Balaban J connectivity index is 2.78. The lowest BCUT2D eigenvalue weighted by atomic mass is 9.92. The van der Waals surface area contributed by atoms with Crippen LogP contribution in [0.2, 0.25) is 0 Å². The lowest BCUT2D eigenvalue weighted by Crippen LogP contribution is -1.97. The van der Waals surface area contributed by atoms with Gasteiger partial charge in [-0.25, -0.2) is 9.18 Å². The Morgan fingerprint density at radius 2 is 2.13 bits per heavy atom. The molecule has 4 heteroatoms. The van der Waals surface area contributed by atoms with Gasteiger partial charge in [0.2, 0.25) is 0 Å².